The van der Waals surface area contributed by atoms with Gasteiger partial charge in [0, 0.05) is 13.0 Å². The maximum atomic E-state index is 14.5. The molecule has 5 rings (SSSR count). The van der Waals surface area contributed by atoms with Crippen LogP contribution in [0.5, 0.6) is 0 Å². The van der Waals surface area contributed by atoms with E-state index < -0.39 is 5.41 Å². The lowest BCUT2D eigenvalue weighted by atomic mass is 9.33. The van der Waals surface area contributed by atoms with Gasteiger partial charge < -0.3 is 9.47 Å². The number of ketones is 1. The quantitative estimate of drug-likeness (QED) is 0.288. The number of rotatable bonds is 2. The standard InChI is InChI=1S/C33H50O4/c1-20-23(36-9)19-30(6)24(29(20,4)5)11-12-31(7)25(30)17-22(34)26-21-18-28(2,3)13-15-33(21,27(35)37-10)16-14-32(26,31)8/h17,21,23-24,26H,1,11-16,18-19H2,2-10H3/t21-,23+,24-,26-,30-,31+,32+,33-/m0/s1. The molecule has 4 nitrogen and oxygen atoms in total. The number of methoxy groups -OCH3 is 2. The van der Waals surface area contributed by atoms with Crippen molar-refractivity contribution in [2.45, 2.75) is 106 Å². The van der Waals surface area contributed by atoms with Crippen LogP contribution in [0.4, 0.5) is 0 Å². The summed E-state index contributed by atoms with van der Waals surface area (Å²) in [4.78, 5) is 27.9. The van der Waals surface area contributed by atoms with Crippen molar-refractivity contribution in [2.24, 2.45) is 50.2 Å². The van der Waals surface area contributed by atoms with E-state index in [4.69, 9.17) is 9.47 Å². The number of esters is 1. The Kier molecular flexibility index (Phi) is 5.91. The van der Waals surface area contributed by atoms with Crippen molar-refractivity contribution in [3.8, 4) is 0 Å². The van der Waals surface area contributed by atoms with Gasteiger partial charge in [0.25, 0.3) is 0 Å². The summed E-state index contributed by atoms with van der Waals surface area (Å²) in [6, 6.07) is 0. The Labute approximate surface area is 225 Å². The molecule has 206 valence electrons. The highest BCUT2D eigenvalue weighted by Crippen LogP contribution is 2.75. The summed E-state index contributed by atoms with van der Waals surface area (Å²) >= 11 is 0. The van der Waals surface area contributed by atoms with Crippen LogP contribution in [0.25, 0.3) is 0 Å². The first-order valence-corrected chi connectivity index (χ1v) is 14.6. The van der Waals surface area contributed by atoms with Crippen LogP contribution in [0.2, 0.25) is 0 Å². The summed E-state index contributed by atoms with van der Waals surface area (Å²) in [6.45, 7) is 21.0. The molecule has 0 saturated heterocycles. The fraction of sp³-hybridized carbons (Fsp3) is 0.818. The zero-order valence-electron chi connectivity index (χ0n) is 24.9. The lowest BCUT2D eigenvalue weighted by Crippen LogP contribution is -2.66. The van der Waals surface area contributed by atoms with Gasteiger partial charge in [-0.3, -0.25) is 9.59 Å². The smallest absolute Gasteiger partial charge is 0.312 e. The molecule has 4 saturated carbocycles. The van der Waals surface area contributed by atoms with Crippen molar-refractivity contribution in [3.63, 3.8) is 0 Å². The molecular formula is C33H50O4. The van der Waals surface area contributed by atoms with E-state index in [0.717, 1.165) is 51.4 Å². The van der Waals surface area contributed by atoms with Crippen LogP contribution in [0, 0.1) is 50.2 Å². The summed E-state index contributed by atoms with van der Waals surface area (Å²) in [7, 11) is 3.32. The minimum Gasteiger partial charge on any atom is -0.469 e. The maximum absolute atomic E-state index is 14.5. The Morgan fingerprint density at radius 2 is 1.59 bits per heavy atom. The second kappa shape index (κ2) is 8.05. The normalized spacial score (nSPS) is 48.1. The van der Waals surface area contributed by atoms with E-state index in [1.54, 1.807) is 7.11 Å². The highest BCUT2D eigenvalue weighted by molar-refractivity contribution is 5.96. The van der Waals surface area contributed by atoms with Gasteiger partial charge >= 0.3 is 5.97 Å². The van der Waals surface area contributed by atoms with E-state index >= 15 is 0 Å². The van der Waals surface area contributed by atoms with Crippen LogP contribution in [0.1, 0.15) is 99.8 Å². The van der Waals surface area contributed by atoms with E-state index in [9.17, 15) is 9.59 Å². The summed E-state index contributed by atoms with van der Waals surface area (Å²) in [6.07, 6.45) is 9.63. The van der Waals surface area contributed by atoms with Crippen LogP contribution < -0.4 is 0 Å². The molecule has 0 radical (unpaired) electrons. The number of carbonyl (C=O) groups is 2. The van der Waals surface area contributed by atoms with Gasteiger partial charge in [0.2, 0.25) is 0 Å². The van der Waals surface area contributed by atoms with E-state index in [1.807, 2.05) is 0 Å². The van der Waals surface area contributed by atoms with Gasteiger partial charge in [0.15, 0.2) is 5.78 Å². The fourth-order valence-corrected chi connectivity index (χ4v) is 10.8. The molecule has 0 amide bonds. The van der Waals surface area contributed by atoms with Crippen molar-refractivity contribution in [1.82, 2.24) is 0 Å². The lowest BCUT2D eigenvalue weighted by molar-refractivity contribution is -0.193. The molecule has 0 heterocycles. The van der Waals surface area contributed by atoms with E-state index in [1.165, 1.54) is 18.3 Å². The molecule has 0 aromatic rings. The van der Waals surface area contributed by atoms with Crippen molar-refractivity contribution in [1.29, 1.82) is 0 Å². The zero-order valence-corrected chi connectivity index (χ0v) is 24.9. The summed E-state index contributed by atoms with van der Waals surface area (Å²) in [5.41, 5.74) is 1.68. The van der Waals surface area contributed by atoms with Gasteiger partial charge in [0.1, 0.15) is 0 Å². The van der Waals surface area contributed by atoms with Gasteiger partial charge in [-0.1, -0.05) is 60.6 Å². The molecule has 0 aromatic carbocycles. The number of fused-ring (bicyclic) bond motifs is 7. The van der Waals surface area contributed by atoms with Gasteiger partial charge in [0.05, 0.1) is 18.6 Å². The third kappa shape index (κ3) is 3.29. The van der Waals surface area contributed by atoms with E-state index in [2.05, 4.69) is 61.1 Å². The fourth-order valence-electron chi connectivity index (χ4n) is 10.8. The number of ether oxygens (including phenoxy) is 2. The molecule has 37 heavy (non-hydrogen) atoms. The van der Waals surface area contributed by atoms with Gasteiger partial charge in [-0.25, -0.2) is 0 Å². The molecule has 4 fully saturated rings. The SMILES string of the molecule is C=C1[C@H](OC)C[C@]2(C)C3=CC(=O)[C@@H]4[C@@H]5CC(C)(C)CC[C@]5(C(=O)OC)CC[C@@]4(C)[C@]3(C)CC[C@H]2C1(C)C. The molecule has 8 atom stereocenters. The molecule has 0 aliphatic heterocycles. The van der Waals surface area contributed by atoms with Crippen LogP contribution in [0.15, 0.2) is 23.8 Å². The Morgan fingerprint density at radius 1 is 0.946 bits per heavy atom. The topological polar surface area (TPSA) is 52.6 Å². The number of hydrogen-bond acceptors (Lipinski definition) is 4. The van der Waals surface area contributed by atoms with Crippen molar-refractivity contribution in [3.05, 3.63) is 23.8 Å². The first-order chi connectivity index (χ1) is 17.0. The Balaban J connectivity index is 1.66. The van der Waals surface area contributed by atoms with E-state index in [0.29, 0.717) is 5.92 Å². The van der Waals surface area contributed by atoms with Gasteiger partial charge in [-0.05, 0) is 102 Å². The number of allylic oxidation sites excluding steroid dienone is 2. The average Bonchev–Trinajstić information content (AvgIpc) is 2.82. The van der Waals surface area contributed by atoms with Crippen molar-refractivity contribution in [2.75, 3.05) is 14.2 Å². The Bertz CT molecular complexity index is 1070. The molecular weight excluding hydrogens is 460 g/mol. The molecule has 0 bridgehead atoms. The number of hydrogen-bond donors (Lipinski definition) is 0. The maximum Gasteiger partial charge on any atom is 0.312 e. The Morgan fingerprint density at radius 3 is 2.22 bits per heavy atom. The second-order valence-corrected chi connectivity index (χ2v) is 15.5. The van der Waals surface area contributed by atoms with Gasteiger partial charge in [-0.15, -0.1) is 0 Å². The molecule has 5 aliphatic rings. The summed E-state index contributed by atoms with van der Waals surface area (Å²) < 4.78 is 11.5. The van der Waals surface area contributed by atoms with Crippen LogP contribution in [0.3, 0.4) is 0 Å². The third-order valence-corrected chi connectivity index (χ3v) is 13.2. The third-order valence-electron chi connectivity index (χ3n) is 13.2. The molecule has 0 spiro atoms. The molecule has 4 heteroatoms. The zero-order chi connectivity index (χ0) is 27.4. The predicted octanol–water partition coefficient (Wildman–Crippen LogP) is 7.32. The first kappa shape index (κ1) is 27.2. The van der Waals surface area contributed by atoms with Crippen LogP contribution in [-0.2, 0) is 19.1 Å². The molecule has 0 N–H and O–H groups in total. The molecule has 0 aromatic heterocycles. The monoisotopic (exact) mass is 510 g/mol. The largest absolute Gasteiger partial charge is 0.469 e. The summed E-state index contributed by atoms with van der Waals surface area (Å²) in [5.74, 6) is 0.484. The van der Waals surface area contributed by atoms with Crippen molar-refractivity contribution >= 4 is 11.8 Å². The van der Waals surface area contributed by atoms with E-state index in [-0.39, 0.29) is 56.8 Å². The number of carbonyl (C=O) groups excluding carboxylic acids is 2. The van der Waals surface area contributed by atoms with Crippen LogP contribution >= 0.6 is 0 Å². The predicted molar refractivity (Wildman–Crippen MR) is 147 cm³/mol. The lowest BCUT2D eigenvalue weighted by Gasteiger charge is -2.70. The minimum atomic E-state index is -0.529. The first-order valence-electron chi connectivity index (χ1n) is 14.6. The van der Waals surface area contributed by atoms with Crippen molar-refractivity contribution < 1.29 is 19.1 Å². The highest BCUT2D eigenvalue weighted by atomic mass is 16.5. The minimum absolute atomic E-state index is 0.00222. The van der Waals surface area contributed by atoms with Gasteiger partial charge in [-0.2, -0.15) is 0 Å². The summed E-state index contributed by atoms with van der Waals surface area (Å²) in [5, 5.41) is 0. The molecule has 0 unspecified atom stereocenters. The highest BCUT2D eigenvalue weighted by Gasteiger charge is 2.71. The van der Waals surface area contributed by atoms with Crippen LogP contribution in [-0.4, -0.2) is 32.1 Å². The molecule has 5 aliphatic carbocycles. The average molecular weight is 511 g/mol. The second-order valence-electron chi connectivity index (χ2n) is 15.5. The Hall–Kier alpha value is -1.42.